The van der Waals surface area contributed by atoms with Gasteiger partial charge in [0.1, 0.15) is 11.9 Å². The van der Waals surface area contributed by atoms with E-state index in [4.69, 9.17) is 19.7 Å². The van der Waals surface area contributed by atoms with Crippen LogP contribution in [0.3, 0.4) is 0 Å². The molecule has 0 saturated heterocycles. The van der Waals surface area contributed by atoms with Gasteiger partial charge in [0.2, 0.25) is 5.82 Å². The van der Waals surface area contributed by atoms with Crippen LogP contribution < -0.4 is 10.5 Å². The van der Waals surface area contributed by atoms with Gasteiger partial charge in [-0.25, -0.2) is 0 Å². The maximum absolute atomic E-state index is 5.87. The minimum Gasteiger partial charge on any atom is -0.495 e. The Hall–Kier alpha value is -2.08. The first-order valence-electron chi connectivity index (χ1n) is 6.58. The Morgan fingerprint density at radius 1 is 1.35 bits per heavy atom. The Morgan fingerprint density at radius 3 is 2.75 bits per heavy atom. The molecule has 108 valence electrons. The SMILES string of the molecule is CCOC(CC)c1noc(-c2ccc(OC)c(N)c2)n1. The Kier molecular flexibility index (Phi) is 4.57. The minimum atomic E-state index is -0.145. The van der Waals surface area contributed by atoms with Crippen LogP contribution in [-0.2, 0) is 4.74 Å². The van der Waals surface area contributed by atoms with Crippen molar-refractivity contribution < 1.29 is 14.0 Å². The Balaban J connectivity index is 2.26. The minimum absolute atomic E-state index is 0.145. The second-order valence-electron chi connectivity index (χ2n) is 4.27. The molecule has 20 heavy (non-hydrogen) atoms. The molecule has 0 aliphatic heterocycles. The van der Waals surface area contributed by atoms with Crippen molar-refractivity contribution in [3.63, 3.8) is 0 Å². The van der Waals surface area contributed by atoms with E-state index in [1.165, 1.54) is 0 Å². The van der Waals surface area contributed by atoms with E-state index in [9.17, 15) is 0 Å². The molecular weight excluding hydrogens is 258 g/mol. The van der Waals surface area contributed by atoms with Crippen molar-refractivity contribution in [3.05, 3.63) is 24.0 Å². The van der Waals surface area contributed by atoms with Gasteiger partial charge in [-0.3, -0.25) is 0 Å². The third-order valence-corrected chi connectivity index (χ3v) is 2.95. The van der Waals surface area contributed by atoms with Gasteiger partial charge in [0.25, 0.3) is 5.89 Å². The highest BCUT2D eigenvalue weighted by molar-refractivity contribution is 5.65. The van der Waals surface area contributed by atoms with E-state index in [0.717, 1.165) is 12.0 Å². The van der Waals surface area contributed by atoms with Crippen molar-refractivity contribution in [1.82, 2.24) is 10.1 Å². The number of nitrogen functional groups attached to an aromatic ring is 1. The molecule has 0 radical (unpaired) electrons. The number of ether oxygens (including phenoxy) is 2. The van der Waals surface area contributed by atoms with Crippen molar-refractivity contribution in [3.8, 4) is 17.2 Å². The maximum Gasteiger partial charge on any atom is 0.258 e. The summed E-state index contributed by atoms with van der Waals surface area (Å²) in [7, 11) is 1.57. The van der Waals surface area contributed by atoms with Crippen LogP contribution in [0.2, 0.25) is 0 Å². The second kappa shape index (κ2) is 6.38. The molecule has 1 aromatic carbocycles. The first kappa shape index (κ1) is 14.3. The fraction of sp³-hybridized carbons (Fsp3) is 0.429. The molecule has 6 heteroatoms. The van der Waals surface area contributed by atoms with Crippen LogP contribution in [0.1, 0.15) is 32.2 Å². The lowest BCUT2D eigenvalue weighted by atomic mass is 10.2. The number of methoxy groups -OCH3 is 1. The van der Waals surface area contributed by atoms with E-state index >= 15 is 0 Å². The molecule has 0 spiro atoms. The van der Waals surface area contributed by atoms with Gasteiger partial charge in [0.15, 0.2) is 0 Å². The summed E-state index contributed by atoms with van der Waals surface area (Å²) in [5, 5.41) is 3.97. The third kappa shape index (κ3) is 2.91. The van der Waals surface area contributed by atoms with E-state index in [-0.39, 0.29) is 6.10 Å². The third-order valence-electron chi connectivity index (χ3n) is 2.95. The molecule has 0 saturated carbocycles. The molecule has 0 fully saturated rings. The summed E-state index contributed by atoms with van der Waals surface area (Å²) in [4.78, 5) is 4.37. The summed E-state index contributed by atoms with van der Waals surface area (Å²) in [5.74, 6) is 1.60. The number of aromatic nitrogens is 2. The average molecular weight is 277 g/mol. The van der Waals surface area contributed by atoms with Crippen LogP contribution in [0.15, 0.2) is 22.7 Å². The number of hydrogen-bond donors (Lipinski definition) is 1. The number of nitrogens with zero attached hydrogens (tertiary/aromatic N) is 2. The smallest absolute Gasteiger partial charge is 0.258 e. The molecule has 0 amide bonds. The molecule has 0 aliphatic rings. The highest BCUT2D eigenvalue weighted by atomic mass is 16.5. The zero-order chi connectivity index (χ0) is 14.5. The van der Waals surface area contributed by atoms with Crippen molar-refractivity contribution in [2.24, 2.45) is 0 Å². The first-order chi connectivity index (χ1) is 9.69. The summed E-state index contributed by atoms with van der Waals surface area (Å²) in [5.41, 5.74) is 7.16. The number of rotatable bonds is 6. The normalized spacial score (nSPS) is 12.3. The van der Waals surface area contributed by atoms with Gasteiger partial charge in [-0.15, -0.1) is 0 Å². The van der Waals surface area contributed by atoms with Crippen molar-refractivity contribution >= 4 is 5.69 Å². The standard InChI is InChI=1S/C14H19N3O3/c1-4-11(19-5-2)13-16-14(20-17-13)9-6-7-12(18-3)10(15)8-9/h6-8,11H,4-5,15H2,1-3H3. The van der Waals surface area contributed by atoms with Crippen LogP contribution in [0.4, 0.5) is 5.69 Å². The molecule has 2 aromatic rings. The lowest BCUT2D eigenvalue weighted by Gasteiger charge is -2.09. The molecule has 1 unspecified atom stereocenters. The van der Waals surface area contributed by atoms with Crippen LogP contribution in [0, 0.1) is 0 Å². The van der Waals surface area contributed by atoms with Gasteiger partial charge in [-0.05, 0) is 31.5 Å². The van der Waals surface area contributed by atoms with E-state index in [2.05, 4.69) is 10.1 Å². The predicted molar refractivity (Wildman–Crippen MR) is 75.4 cm³/mol. The number of hydrogen-bond acceptors (Lipinski definition) is 6. The highest BCUT2D eigenvalue weighted by Crippen LogP contribution is 2.28. The molecule has 0 aliphatic carbocycles. The quantitative estimate of drug-likeness (QED) is 0.817. The van der Waals surface area contributed by atoms with E-state index in [1.54, 1.807) is 19.2 Å². The summed E-state index contributed by atoms with van der Waals surface area (Å²) in [6.45, 7) is 4.56. The van der Waals surface area contributed by atoms with Gasteiger partial charge in [-0.1, -0.05) is 12.1 Å². The van der Waals surface area contributed by atoms with E-state index in [1.807, 2.05) is 19.9 Å². The lowest BCUT2D eigenvalue weighted by Crippen LogP contribution is -2.04. The van der Waals surface area contributed by atoms with Crippen LogP contribution in [0.5, 0.6) is 5.75 Å². The van der Waals surface area contributed by atoms with Crippen molar-refractivity contribution in [1.29, 1.82) is 0 Å². The fourth-order valence-corrected chi connectivity index (χ4v) is 1.93. The van der Waals surface area contributed by atoms with Gasteiger partial charge >= 0.3 is 0 Å². The summed E-state index contributed by atoms with van der Waals surface area (Å²) < 4.78 is 15.9. The van der Waals surface area contributed by atoms with E-state index < -0.39 is 0 Å². The largest absolute Gasteiger partial charge is 0.495 e. The summed E-state index contributed by atoms with van der Waals surface area (Å²) in [6.07, 6.45) is 0.644. The summed E-state index contributed by atoms with van der Waals surface area (Å²) in [6, 6.07) is 5.35. The average Bonchev–Trinajstić information content (AvgIpc) is 2.94. The maximum atomic E-state index is 5.87. The Bertz CT molecular complexity index is 569. The van der Waals surface area contributed by atoms with Crippen molar-refractivity contribution in [2.45, 2.75) is 26.4 Å². The van der Waals surface area contributed by atoms with Crippen LogP contribution in [-0.4, -0.2) is 23.9 Å². The molecule has 0 bridgehead atoms. The van der Waals surface area contributed by atoms with E-state index in [0.29, 0.717) is 29.8 Å². The molecule has 2 rings (SSSR count). The highest BCUT2D eigenvalue weighted by Gasteiger charge is 2.18. The zero-order valence-electron chi connectivity index (χ0n) is 11.9. The molecule has 1 atom stereocenters. The Labute approximate surface area is 117 Å². The number of anilines is 1. The van der Waals surface area contributed by atoms with Gasteiger partial charge < -0.3 is 19.7 Å². The first-order valence-corrected chi connectivity index (χ1v) is 6.58. The summed E-state index contributed by atoms with van der Waals surface area (Å²) >= 11 is 0. The number of benzene rings is 1. The molecular formula is C14H19N3O3. The molecule has 1 heterocycles. The monoisotopic (exact) mass is 277 g/mol. The zero-order valence-corrected chi connectivity index (χ0v) is 11.9. The molecule has 2 N–H and O–H groups in total. The molecule has 1 aromatic heterocycles. The van der Waals surface area contributed by atoms with Crippen molar-refractivity contribution in [2.75, 3.05) is 19.5 Å². The molecule has 6 nitrogen and oxygen atoms in total. The predicted octanol–water partition coefficient (Wildman–Crippen LogP) is 2.82. The Morgan fingerprint density at radius 2 is 2.15 bits per heavy atom. The van der Waals surface area contributed by atoms with Crippen LogP contribution >= 0.6 is 0 Å². The second-order valence-corrected chi connectivity index (χ2v) is 4.27. The van der Waals surface area contributed by atoms with Gasteiger partial charge in [0, 0.05) is 12.2 Å². The topological polar surface area (TPSA) is 83.4 Å². The fourth-order valence-electron chi connectivity index (χ4n) is 1.93. The van der Waals surface area contributed by atoms with Gasteiger partial charge in [0.05, 0.1) is 12.8 Å². The van der Waals surface area contributed by atoms with Crippen LogP contribution in [0.25, 0.3) is 11.5 Å². The lowest BCUT2D eigenvalue weighted by molar-refractivity contribution is 0.0518. The van der Waals surface area contributed by atoms with Gasteiger partial charge in [-0.2, -0.15) is 4.98 Å². The number of nitrogens with two attached hydrogens (primary N) is 1.